The van der Waals surface area contributed by atoms with Crippen LogP contribution in [0.15, 0.2) is 48.7 Å². The van der Waals surface area contributed by atoms with Crippen LogP contribution in [0, 0.1) is 0 Å². The molecule has 0 saturated carbocycles. The molecule has 0 unspecified atom stereocenters. The average Bonchev–Trinajstić information content (AvgIpc) is 2.77. The molecule has 2 aromatic carbocycles. The fourth-order valence-electron chi connectivity index (χ4n) is 2.85. The third kappa shape index (κ3) is 3.24. The maximum atomic E-state index is 12.1. The van der Waals surface area contributed by atoms with Crippen molar-refractivity contribution in [1.82, 2.24) is 9.97 Å². The van der Waals surface area contributed by atoms with Gasteiger partial charge in [0.1, 0.15) is 0 Å². The second kappa shape index (κ2) is 6.74. The number of nitrogens with zero attached hydrogens (tertiary/aromatic N) is 2. The predicted molar refractivity (Wildman–Crippen MR) is 100 cm³/mol. The second-order valence-corrected chi connectivity index (χ2v) is 6.40. The summed E-state index contributed by atoms with van der Waals surface area (Å²) in [5.74, 6) is 0.298. The normalized spacial score (nSPS) is 12.6. The van der Waals surface area contributed by atoms with Crippen LogP contribution in [0.1, 0.15) is 11.1 Å². The van der Waals surface area contributed by atoms with Gasteiger partial charge >= 0.3 is 0 Å². The Balaban J connectivity index is 1.73. The number of nitrogens with one attached hydrogen (secondary N) is 2. The van der Waals surface area contributed by atoms with Gasteiger partial charge in [-0.05, 0) is 35.9 Å². The van der Waals surface area contributed by atoms with Gasteiger partial charge in [0.05, 0.1) is 24.4 Å². The monoisotopic (exact) mass is 366 g/mol. The SMILES string of the molecule is O=C1Cc2cnc(Nc3ccc(CO)cc3)nc2-c2ccc(Cl)cc2N1. The molecule has 1 amide bonds. The van der Waals surface area contributed by atoms with Crippen molar-refractivity contribution in [2.24, 2.45) is 0 Å². The first-order valence-corrected chi connectivity index (χ1v) is 8.43. The molecular weight excluding hydrogens is 352 g/mol. The van der Waals surface area contributed by atoms with Crippen molar-refractivity contribution in [2.75, 3.05) is 10.6 Å². The van der Waals surface area contributed by atoms with Gasteiger partial charge in [0.2, 0.25) is 11.9 Å². The zero-order valence-corrected chi connectivity index (χ0v) is 14.4. The number of benzene rings is 2. The van der Waals surface area contributed by atoms with E-state index in [1.54, 1.807) is 18.3 Å². The largest absolute Gasteiger partial charge is 0.392 e. The number of rotatable bonds is 3. The number of aliphatic hydroxyl groups excluding tert-OH is 1. The summed E-state index contributed by atoms with van der Waals surface area (Å²) in [5, 5.41) is 15.7. The topological polar surface area (TPSA) is 87.1 Å². The van der Waals surface area contributed by atoms with E-state index in [0.717, 1.165) is 22.4 Å². The molecule has 1 aliphatic rings. The Morgan fingerprint density at radius 3 is 2.77 bits per heavy atom. The van der Waals surface area contributed by atoms with Crippen molar-refractivity contribution in [2.45, 2.75) is 13.0 Å². The molecule has 1 aromatic heterocycles. The Hall–Kier alpha value is -2.96. The van der Waals surface area contributed by atoms with Gasteiger partial charge in [-0.1, -0.05) is 23.7 Å². The van der Waals surface area contributed by atoms with Crippen LogP contribution in [0.25, 0.3) is 11.3 Å². The van der Waals surface area contributed by atoms with E-state index in [4.69, 9.17) is 16.7 Å². The molecule has 0 aliphatic carbocycles. The minimum absolute atomic E-state index is 0.00397. The molecule has 3 aromatic rings. The van der Waals surface area contributed by atoms with Gasteiger partial charge in [-0.3, -0.25) is 4.79 Å². The Morgan fingerprint density at radius 1 is 1.19 bits per heavy atom. The molecule has 130 valence electrons. The molecule has 2 heterocycles. The van der Waals surface area contributed by atoms with E-state index in [2.05, 4.69) is 20.6 Å². The number of fused-ring (bicyclic) bond motifs is 3. The number of hydrogen-bond acceptors (Lipinski definition) is 5. The van der Waals surface area contributed by atoms with Crippen LogP contribution in [0.4, 0.5) is 17.3 Å². The first kappa shape index (κ1) is 16.5. The summed E-state index contributed by atoms with van der Waals surface area (Å²) in [4.78, 5) is 21.0. The Kier molecular flexibility index (Phi) is 4.28. The molecule has 1 aliphatic heterocycles. The number of carbonyl (C=O) groups is 1. The minimum Gasteiger partial charge on any atom is -0.392 e. The molecule has 0 bridgehead atoms. The number of aliphatic hydroxyl groups is 1. The predicted octanol–water partition coefficient (Wildman–Crippen LogP) is 3.53. The van der Waals surface area contributed by atoms with E-state index in [9.17, 15) is 4.79 Å². The summed E-state index contributed by atoms with van der Waals surface area (Å²) < 4.78 is 0. The smallest absolute Gasteiger partial charge is 0.228 e. The summed E-state index contributed by atoms with van der Waals surface area (Å²) in [6.45, 7) is -0.00397. The molecule has 0 saturated heterocycles. The summed E-state index contributed by atoms with van der Waals surface area (Å²) in [6.07, 6.45) is 1.86. The van der Waals surface area contributed by atoms with Gasteiger partial charge < -0.3 is 15.7 Å². The number of hydrogen-bond donors (Lipinski definition) is 3. The second-order valence-electron chi connectivity index (χ2n) is 5.96. The van der Waals surface area contributed by atoms with Crippen molar-refractivity contribution >= 4 is 34.8 Å². The highest BCUT2D eigenvalue weighted by Crippen LogP contribution is 2.34. The van der Waals surface area contributed by atoms with Crippen LogP contribution in [0.5, 0.6) is 0 Å². The van der Waals surface area contributed by atoms with Crippen molar-refractivity contribution in [3.05, 3.63) is 64.8 Å². The highest BCUT2D eigenvalue weighted by Gasteiger charge is 2.21. The van der Waals surface area contributed by atoms with Crippen molar-refractivity contribution in [1.29, 1.82) is 0 Å². The van der Waals surface area contributed by atoms with E-state index < -0.39 is 0 Å². The highest BCUT2D eigenvalue weighted by molar-refractivity contribution is 6.31. The molecule has 6 nitrogen and oxygen atoms in total. The summed E-state index contributed by atoms with van der Waals surface area (Å²) in [5.41, 5.74) is 4.52. The lowest BCUT2D eigenvalue weighted by atomic mass is 10.1. The molecule has 0 radical (unpaired) electrons. The number of carbonyl (C=O) groups excluding carboxylic acids is 1. The fourth-order valence-corrected chi connectivity index (χ4v) is 3.02. The number of anilines is 3. The van der Waals surface area contributed by atoms with Crippen LogP contribution in [-0.2, 0) is 17.8 Å². The van der Waals surface area contributed by atoms with Crippen molar-refractivity contribution < 1.29 is 9.90 Å². The van der Waals surface area contributed by atoms with Gasteiger partial charge in [0.25, 0.3) is 0 Å². The van der Waals surface area contributed by atoms with E-state index in [-0.39, 0.29) is 18.9 Å². The third-order valence-electron chi connectivity index (χ3n) is 4.12. The molecule has 0 spiro atoms. The average molecular weight is 367 g/mol. The van der Waals surface area contributed by atoms with Gasteiger partial charge in [-0.15, -0.1) is 0 Å². The van der Waals surface area contributed by atoms with Crippen LogP contribution in [-0.4, -0.2) is 21.0 Å². The molecule has 0 atom stereocenters. The molecule has 26 heavy (non-hydrogen) atoms. The van der Waals surface area contributed by atoms with Crippen molar-refractivity contribution in [3.63, 3.8) is 0 Å². The third-order valence-corrected chi connectivity index (χ3v) is 4.35. The lowest BCUT2D eigenvalue weighted by Crippen LogP contribution is -2.12. The molecule has 4 rings (SSSR count). The standard InChI is InChI=1S/C19H15ClN4O2/c20-13-3-6-15-16(8-13)23-17(26)7-12-9-21-19(24-18(12)15)22-14-4-1-11(10-25)2-5-14/h1-6,8-9,25H,7,10H2,(H,23,26)(H,21,22,24). The number of halogens is 1. The zero-order valence-electron chi connectivity index (χ0n) is 13.7. The molecular formula is C19H15ClN4O2. The maximum Gasteiger partial charge on any atom is 0.228 e. The van der Waals surface area contributed by atoms with E-state index in [1.807, 2.05) is 30.3 Å². The molecule has 3 N–H and O–H groups in total. The van der Waals surface area contributed by atoms with E-state index in [1.165, 1.54) is 0 Å². The zero-order chi connectivity index (χ0) is 18.1. The minimum atomic E-state index is -0.129. The summed E-state index contributed by atoms with van der Waals surface area (Å²) >= 11 is 6.05. The van der Waals surface area contributed by atoms with Crippen LogP contribution >= 0.6 is 11.6 Å². The van der Waals surface area contributed by atoms with Gasteiger partial charge in [-0.25, -0.2) is 9.97 Å². The first-order chi connectivity index (χ1) is 12.6. The van der Waals surface area contributed by atoms with E-state index >= 15 is 0 Å². The highest BCUT2D eigenvalue weighted by atomic mass is 35.5. The van der Waals surface area contributed by atoms with E-state index in [0.29, 0.717) is 22.4 Å². The lowest BCUT2D eigenvalue weighted by molar-refractivity contribution is -0.115. The quantitative estimate of drug-likeness (QED) is 0.660. The van der Waals surface area contributed by atoms with Crippen molar-refractivity contribution in [3.8, 4) is 11.3 Å². The number of aromatic nitrogens is 2. The lowest BCUT2D eigenvalue weighted by Gasteiger charge is -2.11. The van der Waals surface area contributed by atoms with Crippen LogP contribution in [0.3, 0.4) is 0 Å². The molecule has 7 heteroatoms. The number of amides is 1. The van der Waals surface area contributed by atoms with Gasteiger partial charge in [0.15, 0.2) is 0 Å². The summed E-state index contributed by atoms with van der Waals surface area (Å²) in [6, 6.07) is 12.7. The van der Waals surface area contributed by atoms with Crippen LogP contribution in [0.2, 0.25) is 5.02 Å². The summed E-state index contributed by atoms with van der Waals surface area (Å²) in [7, 11) is 0. The van der Waals surface area contributed by atoms with Gasteiger partial charge in [0, 0.05) is 28.0 Å². The Labute approximate surface area is 154 Å². The molecule has 0 fully saturated rings. The van der Waals surface area contributed by atoms with Gasteiger partial charge in [-0.2, -0.15) is 0 Å². The Bertz CT molecular complexity index is 989. The first-order valence-electron chi connectivity index (χ1n) is 8.05. The fraction of sp³-hybridized carbons (Fsp3) is 0.105. The maximum absolute atomic E-state index is 12.1. The van der Waals surface area contributed by atoms with Crippen LogP contribution < -0.4 is 10.6 Å². The Morgan fingerprint density at radius 2 is 2.00 bits per heavy atom.